The van der Waals surface area contributed by atoms with Gasteiger partial charge in [-0.1, -0.05) is 92.9 Å². The van der Waals surface area contributed by atoms with Gasteiger partial charge in [0.25, 0.3) is 0 Å². The highest BCUT2D eigenvalue weighted by atomic mass is 28.4. The predicted molar refractivity (Wildman–Crippen MR) is 105 cm³/mol. The van der Waals surface area contributed by atoms with E-state index in [0.717, 1.165) is 6.04 Å². The summed E-state index contributed by atoms with van der Waals surface area (Å²) >= 11 is 0. The Labute approximate surface area is 148 Å². The van der Waals surface area contributed by atoms with Crippen LogP contribution < -0.4 is 0 Å². The van der Waals surface area contributed by atoms with Gasteiger partial charge >= 0.3 is 8.56 Å². The zero-order valence-electron chi connectivity index (χ0n) is 17.3. The molecule has 3 heteroatoms. The van der Waals surface area contributed by atoms with Crippen LogP contribution >= 0.6 is 0 Å². The number of hydrogen-bond donors (Lipinski definition) is 0. The molecule has 0 heterocycles. The Bertz CT molecular complexity index is 285. The number of rotatable bonds is 14. The van der Waals surface area contributed by atoms with Crippen molar-refractivity contribution < 1.29 is 8.85 Å². The van der Waals surface area contributed by atoms with Gasteiger partial charge in [0.2, 0.25) is 0 Å². The third-order valence-electron chi connectivity index (χ3n) is 6.14. The van der Waals surface area contributed by atoms with Crippen LogP contribution in [0.3, 0.4) is 0 Å². The highest BCUT2D eigenvalue weighted by molar-refractivity contribution is 6.70. The second-order valence-electron chi connectivity index (χ2n) is 8.14. The molecule has 1 unspecified atom stereocenters. The molecule has 1 atom stereocenters. The molecule has 0 rings (SSSR count). The van der Waals surface area contributed by atoms with Crippen LogP contribution in [-0.4, -0.2) is 22.8 Å². The molecule has 0 aliphatic heterocycles. The van der Waals surface area contributed by atoms with Gasteiger partial charge in [-0.05, 0) is 17.9 Å². The summed E-state index contributed by atoms with van der Waals surface area (Å²) in [7, 11) is 1.56. The molecule has 0 aromatic rings. The first-order valence-corrected chi connectivity index (χ1v) is 11.9. The van der Waals surface area contributed by atoms with Gasteiger partial charge in [0.15, 0.2) is 0 Å². The molecule has 0 radical (unpaired) electrons. The molecule has 0 N–H and O–H groups in total. The lowest BCUT2D eigenvalue weighted by atomic mass is 9.86. The molecule has 0 amide bonds. The Balaban J connectivity index is 4.44. The highest BCUT2D eigenvalue weighted by Gasteiger charge is 2.53. The largest absolute Gasteiger partial charge is 0.397 e. The van der Waals surface area contributed by atoms with E-state index < -0.39 is 8.56 Å². The van der Waals surface area contributed by atoms with E-state index in [9.17, 15) is 0 Å². The first-order chi connectivity index (χ1) is 10.8. The molecular weight excluding hydrogens is 300 g/mol. The molecular formula is C20H44O2Si. The lowest BCUT2D eigenvalue weighted by molar-refractivity contribution is 0.171. The standard InChI is InChI=1S/C20H44O2Si/c1-9-10-11-12-13-14-15-16-17-23(21-7,22-8)20(5,6)19(4)18(2)3/h18-19H,9-17H2,1-8H3. The zero-order chi connectivity index (χ0) is 17.9. The first kappa shape index (κ1) is 23.1. The quantitative estimate of drug-likeness (QED) is 0.251. The molecule has 0 bridgehead atoms. The summed E-state index contributed by atoms with van der Waals surface area (Å²) in [6.45, 7) is 14.0. The molecule has 0 aliphatic rings. The van der Waals surface area contributed by atoms with Crippen molar-refractivity contribution in [1.29, 1.82) is 0 Å². The van der Waals surface area contributed by atoms with E-state index in [4.69, 9.17) is 8.85 Å². The van der Waals surface area contributed by atoms with E-state index in [1.807, 2.05) is 14.2 Å². The SMILES string of the molecule is CCCCCCCCCC[Si](OC)(OC)C(C)(C)C(C)C(C)C. The van der Waals surface area contributed by atoms with Crippen molar-refractivity contribution in [1.82, 2.24) is 0 Å². The van der Waals surface area contributed by atoms with Gasteiger partial charge in [0.1, 0.15) is 0 Å². The van der Waals surface area contributed by atoms with E-state index >= 15 is 0 Å². The van der Waals surface area contributed by atoms with E-state index in [1.54, 1.807) is 0 Å². The highest BCUT2D eigenvalue weighted by Crippen LogP contribution is 2.50. The van der Waals surface area contributed by atoms with Crippen LogP contribution in [0, 0.1) is 11.8 Å². The second-order valence-corrected chi connectivity index (χ2v) is 12.3. The minimum Gasteiger partial charge on any atom is -0.397 e. The Morgan fingerprint density at radius 3 is 1.61 bits per heavy atom. The second kappa shape index (κ2) is 11.6. The molecule has 140 valence electrons. The van der Waals surface area contributed by atoms with Crippen molar-refractivity contribution in [2.75, 3.05) is 14.2 Å². The molecule has 0 aromatic carbocycles. The minimum atomic E-state index is -2.18. The summed E-state index contributed by atoms with van der Waals surface area (Å²) < 4.78 is 12.2. The normalized spacial score (nSPS) is 14.5. The van der Waals surface area contributed by atoms with Crippen LogP contribution in [0.25, 0.3) is 0 Å². The fourth-order valence-electron chi connectivity index (χ4n) is 3.81. The Hall–Kier alpha value is 0.137. The van der Waals surface area contributed by atoms with Crippen LogP contribution in [0.15, 0.2) is 0 Å². The molecule has 0 aliphatic carbocycles. The van der Waals surface area contributed by atoms with E-state index in [-0.39, 0.29) is 5.04 Å². The average molecular weight is 345 g/mol. The lowest BCUT2D eigenvalue weighted by Gasteiger charge is -2.46. The van der Waals surface area contributed by atoms with Gasteiger partial charge < -0.3 is 8.85 Å². The van der Waals surface area contributed by atoms with Crippen molar-refractivity contribution in [3.05, 3.63) is 0 Å². The topological polar surface area (TPSA) is 18.5 Å². The number of unbranched alkanes of at least 4 members (excludes halogenated alkanes) is 7. The van der Waals surface area contributed by atoms with Crippen molar-refractivity contribution >= 4 is 8.56 Å². The van der Waals surface area contributed by atoms with Gasteiger partial charge in [0, 0.05) is 19.3 Å². The van der Waals surface area contributed by atoms with Crippen LogP contribution in [0.1, 0.15) is 92.9 Å². The fraction of sp³-hybridized carbons (Fsp3) is 1.00. The van der Waals surface area contributed by atoms with Gasteiger partial charge in [-0.25, -0.2) is 0 Å². The molecule has 0 saturated heterocycles. The molecule has 2 nitrogen and oxygen atoms in total. The minimum absolute atomic E-state index is 0.131. The van der Waals surface area contributed by atoms with Crippen LogP contribution in [-0.2, 0) is 8.85 Å². The van der Waals surface area contributed by atoms with Crippen molar-refractivity contribution in [3.63, 3.8) is 0 Å². The third-order valence-corrected chi connectivity index (χ3v) is 10.9. The van der Waals surface area contributed by atoms with Crippen molar-refractivity contribution in [3.8, 4) is 0 Å². The molecule has 0 spiro atoms. The first-order valence-electron chi connectivity index (χ1n) is 9.89. The van der Waals surface area contributed by atoms with Crippen molar-refractivity contribution in [2.24, 2.45) is 11.8 Å². The van der Waals surface area contributed by atoms with Crippen LogP contribution in [0.5, 0.6) is 0 Å². The monoisotopic (exact) mass is 344 g/mol. The summed E-state index contributed by atoms with van der Waals surface area (Å²) in [4.78, 5) is 0. The molecule has 0 fully saturated rings. The van der Waals surface area contributed by atoms with Gasteiger partial charge in [-0.2, -0.15) is 0 Å². The average Bonchev–Trinajstić information content (AvgIpc) is 2.52. The third kappa shape index (κ3) is 6.87. The molecule has 23 heavy (non-hydrogen) atoms. The maximum Gasteiger partial charge on any atom is 0.343 e. The molecule has 0 aromatic heterocycles. The van der Waals surface area contributed by atoms with E-state index in [2.05, 4.69) is 41.5 Å². The van der Waals surface area contributed by atoms with E-state index in [1.165, 1.54) is 51.4 Å². The lowest BCUT2D eigenvalue weighted by Crippen LogP contribution is -2.53. The van der Waals surface area contributed by atoms with Crippen molar-refractivity contribution in [2.45, 2.75) is 104 Å². The smallest absolute Gasteiger partial charge is 0.343 e. The number of hydrogen-bond acceptors (Lipinski definition) is 2. The van der Waals surface area contributed by atoms with E-state index in [0.29, 0.717) is 11.8 Å². The summed E-state index contributed by atoms with van der Waals surface area (Å²) in [5.74, 6) is 1.25. The summed E-state index contributed by atoms with van der Waals surface area (Å²) in [5, 5.41) is 0.131. The Morgan fingerprint density at radius 1 is 0.783 bits per heavy atom. The fourth-order valence-corrected chi connectivity index (χ4v) is 7.82. The van der Waals surface area contributed by atoms with Gasteiger partial charge in [-0.3, -0.25) is 0 Å². The van der Waals surface area contributed by atoms with Gasteiger partial charge in [-0.15, -0.1) is 0 Å². The summed E-state index contributed by atoms with van der Waals surface area (Å²) in [5.41, 5.74) is 0. The van der Waals surface area contributed by atoms with Crippen LogP contribution in [0.4, 0.5) is 0 Å². The maximum absolute atomic E-state index is 6.10. The Kier molecular flexibility index (Phi) is 11.7. The summed E-state index contributed by atoms with van der Waals surface area (Å²) in [6, 6.07) is 1.12. The summed E-state index contributed by atoms with van der Waals surface area (Å²) in [6.07, 6.45) is 10.9. The van der Waals surface area contributed by atoms with Crippen LogP contribution in [0.2, 0.25) is 11.1 Å². The Morgan fingerprint density at radius 2 is 1.22 bits per heavy atom. The predicted octanol–water partition coefficient (Wildman–Crippen LogP) is 6.93. The maximum atomic E-state index is 6.10. The molecule has 0 saturated carbocycles. The van der Waals surface area contributed by atoms with Gasteiger partial charge in [0.05, 0.1) is 0 Å². The zero-order valence-corrected chi connectivity index (χ0v) is 18.3.